The van der Waals surface area contributed by atoms with Crippen LogP contribution in [0.4, 0.5) is 0 Å². The van der Waals surface area contributed by atoms with Crippen LogP contribution in [0.1, 0.15) is 30.5 Å². The first kappa shape index (κ1) is 15.4. The van der Waals surface area contributed by atoms with Crippen LogP contribution in [-0.4, -0.2) is 16.5 Å². The summed E-state index contributed by atoms with van der Waals surface area (Å²) in [5, 5.41) is 5.51. The summed E-state index contributed by atoms with van der Waals surface area (Å²) < 4.78 is 13.4. The van der Waals surface area contributed by atoms with Crippen LogP contribution >= 0.6 is 11.3 Å². The minimum absolute atomic E-state index is 0.152. The van der Waals surface area contributed by atoms with Gasteiger partial charge in [0.15, 0.2) is 0 Å². The summed E-state index contributed by atoms with van der Waals surface area (Å²) in [7, 11) is -0.939. The van der Waals surface area contributed by atoms with E-state index in [2.05, 4.69) is 37.4 Å². The van der Waals surface area contributed by atoms with Gasteiger partial charge in [0.1, 0.15) is 0 Å². The first-order valence-corrected chi connectivity index (χ1v) is 9.13. The molecule has 108 valence electrons. The molecule has 0 fully saturated rings. The molecule has 20 heavy (non-hydrogen) atoms. The molecule has 4 heteroatoms. The monoisotopic (exact) mass is 307 g/mol. The molecule has 2 aromatic rings. The molecular weight excluding hydrogens is 286 g/mol. The van der Waals surface area contributed by atoms with Gasteiger partial charge in [-0.2, -0.15) is 0 Å². The number of benzene rings is 1. The van der Waals surface area contributed by atoms with E-state index in [1.54, 1.807) is 11.3 Å². The molecule has 1 aromatic heterocycles. The molecule has 0 aliphatic rings. The van der Waals surface area contributed by atoms with E-state index in [0.717, 1.165) is 17.2 Å². The Bertz CT molecular complexity index is 551. The summed E-state index contributed by atoms with van der Waals surface area (Å²) in [5.74, 6) is 0.630. The zero-order valence-corrected chi connectivity index (χ0v) is 13.6. The molecule has 0 amide bonds. The van der Waals surface area contributed by atoms with Crippen molar-refractivity contribution in [1.82, 2.24) is 5.32 Å². The van der Waals surface area contributed by atoms with E-state index < -0.39 is 10.8 Å². The molecule has 1 heterocycles. The SMILES string of the molecule is CCCNC(CS(=O)c1cccs1)c1ccccc1C. The van der Waals surface area contributed by atoms with Crippen molar-refractivity contribution in [2.75, 3.05) is 12.3 Å². The van der Waals surface area contributed by atoms with Crippen molar-refractivity contribution in [2.24, 2.45) is 0 Å². The van der Waals surface area contributed by atoms with Crippen molar-refractivity contribution in [1.29, 1.82) is 0 Å². The van der Waals surface area contributed by atoms with E-state index in [0.29, 0.717) is 5.75 Å². The lowest BCUT2D eigenvalue weighted by Gasteiger charge is -2.20. The van der Waals surface area contributed by atoms with Crippen molar-refractivity contribution in [3.63, 3.8) is 0 Å². The molecular formula is C16H21NOS2. The molecule has 0 bridgehead atoms. The molecule has 0 radical (unpaired) electrons. The van der Waals surface area contributed by atoms with E-state index in [1.807, 2.05) is 23.6 Å². The van der Waals surface area contributed by atoms with E-state index >= 15 is 0 Å². The van der Waals surface area contributed by atoms with Gasteiger partial charge >= 0.3 is 0 Å². The zero-order valence-electron chi connectivity index (χ0n) is 12.0. The second-order valence-electron chi connectivity index (χ2n) is 4.81. The van der Waals surface area contributed by atoms with Gasteiger partial charge in [-0.1, -0.05) is 37.3 Å². The van der Waals surface area contributed by atoms with Crippen LogP contribution in [0.2, 0.25) is 0 Å². The fourth-order valence-corrected chi connectivity index (χ4v) is 4.42. The normalized spacial score (nSPS) is 14.1. The summed E-state index contributed by atoms with van der Waals surface area (Å²) in [5.41, 5.74) is 2.51. The Morgan fingerprint density at radius 3 is 2.70 bits per heavy atom. The first-order chi connectivity index (χ1) is 9.72. The third kappa shape index (κ3) is 4.01. The van der Waals surface area contributed by atoms with Gasteiger partial charge in [0, 0.05) is 11.8 Å². The van der Waals surface area contributed by atoms with Crippen molar-refractivity contribution in [2.45, 2.75) is 30.5 Å². The molecule has 1 N–H and O–H groups in total. The molecule has 2 nitrogen and oxygen atoms in total. The Morgan fingerprint density at radius 2 is 2.05 bits per heavy atom. The molecule has 0 spiro atoms. The van der Waals surface area contributed by atoms with Gasteiger partial charge in [-0.25, -0.2) is 0 Å². The third-order valence-corrected chi connectivity index (χ3v) is 5.97. The van der Waals surface area contributed by atoms with Crippen LogP contribution in [0.15, 0.2) is 46.0 Å². The molecule has 0 saturated heterocycles. The van der Waals surface area contributed by atoms with Crippen LogP contribution in [0, 0.1) is 6.92 Å². The van der Waals surface area contributed by atoms with E-state index in [-0.39, 0.29) is 6.04 Å². The minimum atomic E-state index is -0.939. The van der Waals surface area contributed by atoms with Gasteiger partial charge < -0.3 is 5.32 Å². The average molecular weight is 307 g/mol. The molecule has 2 atom stereocenters. The summed E-state index contributed by atoms with van der Waals surface area (Å²) in [6.07, 6.45) is 1.08. The second kappa shape index (κ2) is 7.72. The summed E-state index contributed by atoms with van der Waals surface area (Å²) in [4.78, 5) is 0. The van der Waals surface area contributed by atoms with Crippen LogP contribution in [-0.2, 0) is 10.8 Å². The van der Waals surface area contributed by atoms with Crippen molar-refractivity contribution in [3.8, 4) is 0 Å². The number of nitrogens with one attached hydrogen (secondary N) is 1. The Hall–Kier alpha value is -0.970. The quantitative estimate of drug-likeness (QED) is 0.840. The van der Waals surface area contributed by atoms with Crippen LogP contribution in [0.5, 0.6) is 0 Å². The van der Waals surface area contributed by atoms with Crippen molar-refractivity contribution in [3.05, 3.63) is 52.9 Å². The Labute approximate surface area is 127 Å². The lowest BCUT2D eigenvalue weighted by Crippen LogP contribution is -2.27. The molecule has 2 rings (SSSR count). The Kier molecular flexibility index (Phi) is 5.95. The topological polar surface area (TPSA) is 29.1 Å². The van der Waals surface area contributed by atoms with Gasteiger partial charge in [0.2, 0.25) is 0 Å². The summed E-state index contributed by atoms with van der Waals surface area (Å²) >= 11 is 1.57. The lowest BCUT2D eigenvalue weighted by molar-refractivity contribution is 0.568. The molecule has 1 aromatic carbocycles. The van der Waals surface area contributed by atoms with Crippen molar-refractivity contribution < 1.29 is 4.21 Å². The van der Waals surface area contributed by atoms with Crippen LogP contribution in [0.3, 0.4) is 0 Å². The van der Waals surface area contributed by atoms with E-state index in [4.69, 9.17) is 0 Å². The molecule has 2 unspecified atom stereocenters. The number of rotatable bonds is 7. The van der Waals surface area contributed by atoms with Crippen LogP contribution in [0.25, 0.3) is 0 Å². The van der Waals surface area contributed by atoms with Gasteiger partial charge in [-0.15, -0.1) is 11.3 Å². The first-order valence-electron chi connectivity index (χ1n) is 6.93. The number of hydrogen-bond donors (Lipinski definition) is 1. The summed E-state index contributed by atoms with van der Waals surface area (Å²) in [6.45, 7) is 5.21. The maximum Gasteiger partial charge on any atom is 0.0911 e. The Morgan fingerprint density at radius 1 is 1.25 bits per heavy atom. The van der Waals surface area contributed by atoms with Gasteiger partial charge in [-0.05, 0) is 42.5 Å². The molecule has 0 aliphatic carbocycles. The predicted molar refractivity (Wildman–Crippen MR) is 87.8 cm³/mol. The van der Waals surface area contributed by atoms with Gasteiger partial charge in [0.05, 0.1) is 15.0 Å². The largest absolute Gasteiger partial charge is 0.309 e. The highest BCUT2D eigenvalue weighted by Crippen LogP contribution is 2.22. The minimum Gasteiger partial charge on any atom is -0.309 e. The van der Waals surface area contributed by atoms with Gasteiger partial charge in [0.25, 0.3) is 0 Å². The predicted octanol–water partition coefficient (Wildman–Crippen LogP) is 3.91. The van der Waals surface area contributed by atoms with E-state index in [1.165, 1.54) is 11.1 Å². The number of thiophene rings is 1. The smallest absolute Gasteiger partial charge is 0.0911 e. The number of aryl methyl sites for hydroxylation is 1. The Balaban J connectivity index is 2.16. The van der Waals surface area contributed by atoms with Crippen LogP contribution < -0.4 is 5.32 Å². The van der Waals surface area contributed by atoms with Gasteiger partial charge in [-0.3, -0.25) is 4.21 Å². The number of hydrogen-bond acceptors (Lipinski definition) is 3. The fourth-order valence-electron chi connectivity index (χ4n) is 2.18. The maximum absolute atomic E-state index is 12.4. The summed E-state index contributed by atoms with van der Waals surface area (Å²) in [6, 6.07) is 12.4. The average Bonchev–Trinajstić information content (AvgIpc) is 2.98. The standard InChI is InChI=1S/C16H21NOS2/c1-3-10-17-15(14-8-5-4-7-13(14)2)12-20(18)16-9-6-11-19-16/h4-9,11,15,17H,3,10,12H2,1-2H3. The second-order valence-corrected chi connectivity index (χ2v) is 7.48. The zero-order chi connectivity index (χ0) is 14.4. The molecule has 0 aliphatic heterocycles. The maximum atomic E-state index is 12.4. The van der Waals surface area contributed by atoms with E-state index in [9.17, 15) is 4.21 Å². The third-order valence-electron chi connectivity index (χ3n) is 3.24. The molecule has 0 saturated carbocycles. The van der Waals surface area contributed by atoms with Crippen molar-refractivity contribution >= 4 is 22.1 Å². The lowest BCUT2D eigenvalue weighted by atomic mass is 10.0. The highest BCUT2D eigenvalue weighted by atomic mass is 32.2. The fraction of sp³-hybridized carbons (Fsp3) is 0.375. The highest BCUT2D eigenvalue weighted by molar-refractivity contribution is 7.87. The highest BCUT2D eigenvalue weighted by Gasteiger charge is 2.17.